The van der Waals surface area contributed by atoms with E-state index in [0.29, 0.717) is 0 Å². The predicted molar refractivity (Wildman–Crippen MR) is 64.7 cm³/mol. The number of aliphatic hydroxyl groups is 1. The Kier molecular flexibility index (Phi) is 2.99. The van der Waals surface area contributed by atoms with Gasteiger partial charge in [-0.2, -0.15) is 0 Å². The van der Waals surface area contributed by atoms with E-state index in [-0.39, 0.29) is 13.4 Å². The van der Waals surface area contributed by atoms with Gasteiger partial charge in [-0.15, -0.1) is 6.42 Å². The van der Waals surface area contributed by atoms with Gasteiger partial charge < -0.3 is 19.3 Å². The van der Waals surface area contributed by atoms with Gasteiger partial charge in [0.25, 0.3) is 5.56 Å². The maximum atomic E-state index is 11.9. The summed E-state index contributed by atoms with van der Waals surface area (Å²) in [5.74, 6) is 2.46. The van der Waals surface area contributed by atoms with Crippen molar-refractivity contribution in [1.29, 1.82) is 0 Å². The highest BCUT2D eigenvalue weighted by Gasteiger charge is 2.62. The van der Waals surface area contributed by atoms with E-state index in [1.807, 2.05) is 0 Å². The Hall–Kier alpha value is -1.92. The van der Waals surface area contributed by atoms with Crippen molar-refractivity contribution in [3.8, 4) is 12.3 Å². The fraction of sp³-hybridized carbons (Fsp3) is 0.500. The second kappa shape index (κ2) is 4.57. The van der Waals surface area contributed by atoms with Gasteiger partial charge in [0.2, 0.25) is 5.60 Å². The van der Waals surface area contributed by atoms with Crippen LogP contribution in [-0.4, -0.2) is 45.9 Å². The Morgan fingerprint density at radius 2 is 2.40 bits per heavy atom. The Morgan fingerprint density at radius 3 is 3.05 bits per heavy atom. The minimum absolute atomic E-state index is 0.0523. The topological polar surface area (TPSA) is 103 Å². The molecule has 8 nitrogen and oxygen atoms in total. The quantitative estimate of drug-likeness (QED) is 0.618. The molecule has 2 aliphatic rings. The molecule has 0 saturated carbocycles. The zero-order valence-corrected chi connectivity index (χ0v) is 10.3. The van der Waals surface area contributed by atoms with Crippen LogP contribution in [0.5, 0.6) is 0 Å². The molecule has 2 fully saturated rings. The van der Waals surface area contributed by atoms with Crippen molar-refractivity contribution in [3.63, 3.8) is 0 Å². The summed E-state index contributed by atoms with van der Waals surface area (Å²) in [6.45, 7) is -0.380. The summed E-state index contributed by atoms with van der Waals surface area (Å²) < 4.78 is 17.5. The van der Waals surface area contributed by atoms with Crippen molar-refractivity contribution in [3.05, 3.63) is 33.1 Å². The van der Waals surface area contributed by atoms with Crippen LogP contribution < -0.4 is 11.2 Å². The highest BCUT2D eigenvalue weighted by atomic mass is 16.8. The Labute approximate surface area is 112 Å². The maximum absolute atomic E-state index is 11.9. The molecule has 106 valence electrons. The second-order valence-corrected chi connectivity index (χ2v) is 4.51. The van der Waals surface area contributed by atoms with Gasteiger partial charge in [-0.3, -0.25) is 14.3 Å². The number of aliphatic hydroxyl groups excluding tert-OH is 1. The minimum Gasteiger partial charge on any atom is -0.394 e. The Balaban J connectivity index is 2.11. The van der Waals surface area contributed by atoms with Gasteiger partial charge in [0.05, 0.1) is 6.61 Å². The smallest absolute Gasteiger partial charge is 0.330 e. The molecule has 0 spiro atoms. The van der Waals surface area contributed by atoms with E-state index in [1.54, 1.807) is 0 Å². The summed E-state index contributed by atoms with van der Waals surface area (Å²) in [6.07, 6.45) is 4.42. The van der Waals surface area contributed by atoms with E-state index in [4.69, 9.17) is 20.6 Å². The third-order valence-electron chi connectivity index (χ3n) is 3.49. The average Bonchev–Trinajstić information content (AvgIpc) is 2.97. The number of nitrogens with zero attached hydrogens (tertiary/aromatic N) is 1. The van der Waals surface area contributed by atoms with Crippen LogP contribution in [0.3, 0.4) is 0 Å². The molecule has 3 rings (SSSR count). The summed E-state index contributed by atoms with van der Waals surface area (Å²) in [6, 6.07) is 1.17. The van der Waals surface area contributed by atoms with E-state index >= 15 is 0 Å². The number of aromatic amines is 1. The molecule has 2 saturated heterocycles. The largest absolute Gasteiger partial charge is 0.394 e. The Morgan fingerprint density at radius 1 is 1.60 bits per heavy atom. The van der Waals surface area contributed by atoms with E-state index in [9.17, 15) is 14.7 Å². The van der Waals surface area contributed by atoms with Gasteiger partial charge in [-0.1, -0.05) is 5.92 Å². The highest BCUT2D eigenvalue weighted by Crippen LogP contribution is 2.45. The van der Waals surface area contributed by atoms with Crippen LogP contribution in [0.1, 0.15) is 6.23 Å². The van der Waals surface area contributed by atoms with E-state index in [1.165, 1.54) is 12.3 Å². The summed E-state index contributed by atoms with van der Waals surface area (Å²) in [7, 11) is 0. The molecular weight excluding hydrogens is 268 g/mol. The van der Waals surface area contributed by atoms with Crippen LogP contribution >= 0.6 is 0 Å². The fourth-order valence-corrected chi connectivity index (χ4v) is 2.56. The molecule has 1 aromatic heterocycles. The van der Waals surface area contributed by atoms with E-state index in [2.05, 4.69) is 10.9 Å². The van der Waals surface area contributed by atoms with Crippen LogP contribution in [0.4, 0.5) is 0 Å². The maximum Gasteiger partial charge on any atom is 0.330 e. The van der Waals surface area contributed by atoms with Crippen molar-refractivity contribution < 1.29 is 19.3 Å². The number of fused-ring (bicyclic) bond motifs is 1. The SMILES string of the molecule is C#C[C@@]12OCO[C@@H]1[C@@H](CO)O[C@H]2n1ccc(=O)[nH]c1=O. The number of nitrogens with one attached hydrogen (secondary N) is 1. The molecule has 8 heteroatoms. The molecule has 2 aliphatic heterocycles. The molecule has 0 radical (unpaired) electrons. The molecule has 0 aliphatic carbocycles. The molecule has 4 atom stereocenters. The standard InChI is InChI=1S/C12H12N2O6/c1-2-12-9(18-6-19-12)7(5-15)20-10(12)14-4-3-8(16)13-11(14)17/h1,3-4,7,9-10,15H,5-6H2,(H,13,16,17)/t7-,9-,10-,12-/m1/s1. The first-order chi connectivity index (χ1) is 9.62. The lowest BCUT2D eigenvalue weighted by Gasteiger charge is -2.26. The molecule has 0 amide bonds. The van der Waals surface area contributed by atoms with Crippen LogP contribution in [0.25, 0.3) is 0 Å². The lowest BCUT2D eigenvalue weighted by atomic mass is 9.95. The minimum atomic E-state index is -1.31. The lowest BCUT2D eigenvalue weighted by Crippen LogP contribution is -2.46. The normalized spacial score (nSPS) is 35.7. The van der Waals surface area contributed by atoms with Gasteiger partial charge in [0, 0.05) is 12.3 Å². The van der Waals surface area contributed by atoms with Crippen LogP contribution in [0.2, 0.25) is 0 Å². The van der Waals surface area contributed by atoms with Gasteiger partial charge in [-0.25, -0.2) is 4.79 Å². The molecule has 20 heavy (non-hydrogen) atoms. The molecule has 0 unspecified atom stereocenters. The molecule has 3 heterocycles. The number of terminal acetylenes is 1. The number of rotatable bonds is 2. The van der Waals surface area contributed by atoms with Crippen LogP contribution in [-0.2, 0) is 14.2 Å². The molecule has 0 bridgehead atoms. The number of hydrogen-bond donors (Lipinski definition) is 2. The van der Waals surface area contributed by atoms with Crippen molar-refractivity contribution >= 4 is 0 Å². The molecule has 0 aromatic carbocycles. The van der Waals surface area contributed by atoms with Gasteiger partial charge in [0.1, 0.15) is 19.0 Å². The van der Waals surface area contributed by atoms with Gasteiger partial charge >= 0.3 is 5.69 Å². The highest BCUT2D eigenvalue weighted by molar-refractivity contribution is 5.22. The first-order valence-corrected chi connectivity index (χ1v) is 5.93. The number of aromatic nitrogens is 2. The summed E-state index contributed by atoms with van der Waals surface area (Å²) in [5, 5.41) is 9.33. The zero-order valence-electron chi connectivity index (χ0n) is 10.3. The fourth-order valence-electron chi connectivity index (χ4n) is 2.56. The third-order valence-corrected chi connectivity index (χ3v) is 3.49. The van der Waals surface area contributed by atoms with E-state index < -0.39 is 35.3 Å². The third kappa shape index (κ3) is 1.65. The zero-order chi connectivity index (χ0) is 14.3. The van der Waals surface area contributed by atoms with Crippen LogP contribution in [0.15, 0.2) is 21.9 Å². The molecular formula is C12H12N2O6. The monoisotopic (exact) mass is 280 g/mol. The predicted octanol–water partition coefficient (Wildman–Crippen LogP) is -1.83. The Bertz CT molecular complexity index is 674. The summed E-state index contributed by atoms with van der Waals surface area (Å²) in [5.41, 5.74) is -2.52. The number of hydrogen-bond acceptors (Lipinski definition) is 6. The van der Waals surface area contributed by atoms with Crippen molar-refractivity contribution in [2.75, 3.05) is 13.4 Å². The number of ether oxygens (including phenoxy) is 3. The second-order valence-electron chi connectivity index (χ2n) is 4.51. The van der Waals surface area contributed by atoms with Gasteiger partial charge in [0.15, 0.2) is 6.23 Å². The average molecular weight is 280 g/mol. The molecule has 2 N–H and O–H groups in total. The van der Waals surface area contributed by atoms with Crippen molar-refractivity contribution in [2.45, 2.75) is 24.0 Å². The van der Waals surface area contributed by atoms with Crippen molar-refractivity contribution in [2.24, 2.45) is 0 Å². The lowest BCUT2D eigenvalue weighted by molar-refractivity contribution is -0.123. The summed E-state index contributed by atoms with van der Waals surface area (Å²) in [4.78, 5) is 25.1. The first-order valence-electron chi connectivity index (χ1n) is 5.93. The summed E-state index contributed by atoms with van der Waals surface area (Å²) >= 11 is 0. The first kappa shape index (κ1) is 13.1. The molecule has 1 aromatic rings. The number of H-pyrrole nitrogens is 1. The van der Waals surface area contributed by atoms with Gasteiger partial charge in [-0.05, 0) is 0 Å². The van der Waals surface area contributed by atoms with Crippen LogP contribution in [0, 0.1) is 12.3 Å². The van der Waals surface area contributed by atoms with Crippen molar-refractivity contribution in [1.82, 2.24) is 9.55 Å². The van der Waals surface area contributed by atoms with E-state index in [0.717, 1.165) is 4.57 Å².